The number of rotatable bonds is 5. The third-order valence-corrected chi connectivity index (χ3v) is 4.36. The van der Waals surface area contributed by atoms with Crippen LogP contribution in [-0.2, 0) is 13.0 Å². The van der Waals surface area contributed by atoms with E-state index in [2.05, 4.69) is 26.5 Å². The quantitative estimate of drug-likeness (QED) is 0.650. The molecule has 0 aliphatic rings. The fourth-order valence-corrected chi connectivity index (χ4v) is 2.67. The Balaban J connectivity index is 2.28. The summed E-state index contributed by atoms with van der Waals surface area (Å²) in [6.07, 6.45) is 0.678. The van der Waals surface area contributed by atoms with Crippen LogP contribution < -0.4 is 11.3 Å². The van der Waals surface area contributed by atoms with E-state index in [4.69, 9.17) is 5.84 Å². The largest absolute Gasteiger partial charge is 0.271 e. The van der Waals surface area contributed by atoms with Crippen LogP contribution in [0.5, 0.6) is 0 Å². The van der Waals surface area contributed by atoms with E-state index < -0.39 is 0 Å². The summed E-state index contributed by atoms with van der Waals surface area (Å²) in [5.74, 6) is 5.40. The molecular weight excluding hydrogens is 323 g/mol. The second-order valence-corrected chi connectivity index (χ2v) is 5.43. The third kappa shape index (κ3) is 3.08. The highest BCUT2D eigenvalue weighted by atomic mass is 79.9. The lowest BCUT2D eigenvalue weighted by Crippen LogP contribution is -2.30. The summed E-state index contributed by atoms with van der Waals surface area (Å²) in [5.41, 5.74) is 5.77. The van der Waals surface area contributed by atoms with Crippen molar-refractivity contribution in [2.45, 2.75) is 32.9 Å². The summed E-state index contributed by atoms with van der Waals surface area (Å²) >= 11 is 3.57. The summed E-state index contributed by atoms with van der Waals surface area (Å²) in [4.78, 5) is 0. The van der Waals surface area contributed by atoms with Crippen molar-refractivity contribution in [3.63, 3.8) is 0 Å². The number of nitrogens with one attached hydrogen (secondary N) is 1. The van der Waals surface area contributed by atoms with Crippen molar-refractivity contribution in [1.29, 1.82) is 0 Å². The number of halogens is 2. The van der Waals surface area contributed by atoms with Gasteiger partial charge in [0.15, 0.2) is 0 Å². The molecule has 1 heterocycles. The Hall–Kier alpha value is -1.24. The van der Waals surface area contributed by atoms with E-state index in [0.29, 0.717) is 6.42 Å². The average molecular weight is 341 g/mol. The minimum atomic E-state index is -0.250. The monoisotopic (exact) mass is 340 g/mol. The number of benzene rings is 1. The van der Waals surface area contributed by atoms with E-state index in [1.54, 1.807) is 12.1 Å². The molecule has 1 aromatic carbocycles. The predicted octanol–water partition coefficient (Wildman–Crippen LogP) is 2.86. The van der Waals surface area contributed by atoms with Gasteiger partial charge in [0.2, 0.25) is 0 Å². The van der Waals surface area contributed by atoms with Crippen LogP contribution in [0.2, 0.25) is 0 Å². The molecule has 2 rings (SSSR count). The van der Waals surface area contributed by atoms with Gasteiger partial charge in [0.25, 0.3) is 0 Å². The minimum absolute atomic E-state index is 0.0895. The second-order valence-electron chi connectivity index (χ2n) is 4.64. The fourth-order valence-electron chi connectivity index (χ4n) is 2.23. The number of aryl methyl sites for hydroxylation is 2. The molecule has 2 aromatic rings. The van der Waals surface area contributed by atoms with Crippen LogP contribution in [0.1, 0.15) is 29.9 Å². The van der Waals surface area contributed by atoms with Crippen molar-refractivity contribution in [3.05, 3.63) is 51.5 Å². The van der Waals surface area contributed by atoms with E-state index in [9.17, 15) is 4.39 Å². The molecule has 1 unspecified atom stereocenters. The first-order chi connectivity index (χ1) is 9.56. The van der Waals surface area contributed by atoms with E-state index in [-0.39, 0.29) is 11.9 Å². The van der Waals surface area contributed by atoms with Gasteiger partial charge in [-0.25, -0.2) is 4.39 Å². The van der Waals surface area contributed by atoms with Gasteiger partial charge in [-0.2, -0.15) is 5.10 Å². The zero-order chi connectivity index (χ0) is 14.7. The lowest BCUT2D eigenvalue weighted by molar-refractivity contribution is 0.514. The average Bonchev–Trinajstić information content (AvgIpc) is 2.73. The zero-order valence-electron chi connectivity index (χ0n) is 11.5. The molecule has 3 N–H and O–H groups in total. The Bertz CT molecular complexity index is 580. The van der Waals surface area contributed by atoms with Crippen LogP contribution in [0, 0.1) is 12.7 Å². The Morgan fingerprint density at radius 2 is 2.05 bits per heavy atom. The lowest BCUT2D eigenvalue weighted by Gasteiger charge is -2.17. The number of hydrogen-bond donors (Lipinski definition) is 2. The molecule has 0 aliphatic carbocycles. The number of aromatic nitrogens is 2. The smallest absolute Gasteiger partial charge is 0.123 e. The number of hydrogen-bond acceptors (Lipinski definition) is 3. The summed E-state index contributed by atoms with van der Waals surface area (Å²) in [5, 5.41) is 4.46. The van der Waals surface area contributed by atoms with Crippen LogP contribution in [0.4, 0.5) is 4.39 Å². The van der Waals surface area contributed by atoms with Crippen molar-refractivity contribution in [2.75, 3.05) is 0 Å². The normalized spacial score (nSPS) is 12.7. The maximum absolute atomic E-state index is 13.0. The predicted molar refractivity (Wildman–Crippen MR) is 80.5 cm³/mol. The Morgan fingerprint density at radius 3 is 2.60 bits per heavy atom. The zero-order valence-corrected chi connectivity index (χ0v) is 13.1. The molecule has 0 fully saturated rings. The van der Waals surface area contributed by atoms with Crippen LogP contribution in [-0.4, -0.2) is 9.78 Å². The van der Waals surface area contributed by atoms with Crippen LogP contribution in [0.15, 0.2) is 28.7 Å². The molecule has 1 atom stereocenters. The molecule has 0 aliphatic heterocycles. The van der Waals surface area contributed by atoms with E-state index in [0.717, 1.165) is 28.0 Å². The van der Waals surface area contributed by atoms with Gasteiger partial charge < -0.3 is 0 Å². The Kier molecular flexibility index (Phi) is 4.91. The van der Waals surface area contributed by atoms with Gasteiger partial charge >= 0.3 is 0 Å². The minimum Gasteiger partial charge on any atom is -0.271 e. The van der Waals surface area contributed by atoms with Gasteiger partial charge in [-0.15, -0.1) is 0 Å². The first-order valence-electron chi connectivity index (χ1n) is 6.50. The first kappa shape index (κ1) is 15.2. The Morgan fingerprint density at radius 1 is 1.40 bits per heavy atom. The standard InChI is InChI=1S/C14H18BrFN4/c1-3-20-13(14(15)9(2)19-20)8-12(18-17)10-4-6-11(16)7-5-10/h4-7,12,18H,3,8,17H2,1-2H3. The topological polar surface area (TPSA) is 55.9 Å². The summed E-state index contributed by atoms with van der Waals surface area (Å²) < 4.78 is 15.9. The SMILES string of the molecule is CCn1nc(C)c(Br)c1CC(NN)c1ccc(F)cc1. The molecule has 108 valence electrons. The molecule has 1 aromatic heterocycles. The molecular formula is C14H18BrFN4. The lowest BCUT2D eigenvalue weighted by atomic mass is 10.0. The second kappa shape index (κ2) is 6.47. The maximum Gasteiger partial charge on any atom is 0.123 e. The van der Waals surface area contributed by atoms with Crippen molar-refractivity contribution < 1.29 is 4.39 Å². The third-order valence-electron chi connectivity index (χ3n) is 3.32. The van der Waals surface area contributed by atoms with Crippen molar-refractivity contribution in [2.24, 2.45) is 5.84 Å². The molecule has 6 heteroatoms. The molecule has 0 bridgehead atoms. The van der Waals surface area contributed by atoms with Gasteiger partial charge in [-0.3, -0.25) is 16.0 Å². The van der Waals surface area contributed by atoms with Crippen molar-refractivity contribution in [1.82, 2.24) is 15.2 Å². The molecule has 0 radical (unpaired) electrons. The van der Waals surface area contributed by atoms with Gasteiger partial charge in [0.05, 0.1) is 21.9 Å². The molecule has 0 amide bonds. The highest BCUT2D eigenvalue weighted by Crippen LogP contribution is 2.26. The molecule has 0 spiro atoms. The fraction of sp³-hybridized carbons (Fsp3) is 0.357. The molecule has 4 nitrogen and oxygen atoms in total. The first-order valence-corrected chi connectivity index (χ1v) is 7.29. The van der Waals surface area contributed by atoms with E-state index in [1.165, 1.54) is 12.1 Å². The van der Waals surface area contributed by atoms with Gasteiger partial charge in [-0.05, 0) is 47.5 Å². The Labute approximate surface area is 126 Å². The van der Waals surface area contributed by atoms with Gasteiger partial charge in [0, 0.05) is 13.0 Å². The van der Waals surface area contributed by atoms with E-state index in [1.807, 2.05) is 18.5 Å². The van der Waals surface area contributed by atoms with Crippen LogP contribution >= 0.6 is 15.9 Å². The van der Waals surface area contributed by atoms with Crippen LogP contribution in [0.25, 0.3) is 0 Å². The number of nitrogens with two attached hydrogens (primary N) is 1. The molecule has 0 saturated heterocycles. The summed E-state index contributed by atoms with van der Waals surface area (Å²) in [6.45, 7) is 4.80. The maximum atomic E-state index is 13.0. The summed E-state index contributed by atoms with van der Waals surface area (Å²) in [7, 11) is 0. The highest BCUT2D eigenvalue weighted by Gasteiger charge is 2.18. The van der Waals surface area contributed by atoms with Crippen molar-refractivity contribution >= 4 is 15.9 Å². The van der Waals surface area contributed by atoms with Crippen molar-refractivity contribution in [3.8, 4) is 0 Å². The number of nitrogens with zero attached hydrogens (tertiary/aromatic N) is 2. The van der Waals surface area contributed by atoms with Gasteiger partial charge in [-0.1, -0.05) is 12.1 Å². The summed E-state index contributed by atoms with van der Waals surface area (Å²) in [6, 6.07) is 6.28. The molecule has 0 saturated carbocycles. The molecule has 20 heavy (non-hydrogen) atoms. The van der Waals surface area contributed by atoms with Crippen LogP contribution in [0.3, 0.4) is 0 Å². The number of hydrazine groups is 1. The van der Waals surface area contributed by atoms with E-state index >= 15 is 0 Å². The van der Waals surface area contributed by atoms with Gasteiger partial charge in [0.1, 0.15) is 5.82 Å². The highest BCUT2D eigenvalue weighted by molar-refractivity contribution is 9.10.